The van der Waals surface area contributed by atoms with Gasteiger partial charge >= 0.3 is 12.1 Å². The SMILES string of the molecule is O=C(O)C(F)(F)F.O=S(=O)(C1CC1)N1CCC2(CCN(c3ncccn3)CC2)CC1. The van der Waals surface area contributed by atoms with Gasteiger partial charge < -0.3 is 10.0 Å². The van der Waals surface area contributed by atoms with E-state index >= 15 is 0 Å². The number of piperidine rings is 2. The number of carboxylic acid groups (broad SMARTS) is 1. The van der Waals surface area contributed by atoms with Crippen LogP contribution in [0.5, 0.6) is 0 Å². The number of aromatic nitrogens is 2. The molecule has 30 heavy (non-hydrogen) atoms. The van der Waals surface area contributed by atoms with E-state index in [1.165, 1.54) is 0 Å². The second-order valence-corrected chi connectivity index (χ2v) is 10.2. The highest BCUT2D eigenvalue weighted by Gasteiger charge is 2.45. The molecule has 2 aliphatic heterocycles. The van der Waals surface area contributed by atoms with Gasteiger partial charge in [0.25, 0.3) is 0 Å². The Morgan fingerprint density at radius 3 is 1.93 bits per heavy atom. The van der Waals surface area contributed by atoms with Crippen LogP contribution in [0.25, 0.3) is 0 Å². The van der Waals surface area contributed by atoms with Crippen molar-refractivity contribution in [2.24, 2.45) is 5.41 Å². The highest BCUT2D eigenvalue weighted by atomic mass is 32.2. The van der Waals surface area contributed by atoms with Gasteiger partial charge in [0.1, 0.15) is 0 Å². The number of halogens is 3. The van der Waals surface area contributed by atoms with Gasteiger partial charge in [-0.05, 0) is 50.0 Å². The third-order valence-corrected chi connectivity index (χ3v) is 8.39. The molecule has 168 valence electrons. The third-order valence-electron chi connectivity index (χ3n) is 5.99. The minimum Gasteiger partial charge on any atom is -0.475 e. The molecule has 0 atom stereocenters. The largest absolute Gasteiger partial charge is 0.490 e. The van der Waals surface area contributed by atoms with Crippen molar-refractivity contribution in [3.63, 3.8) is 0 Å². The summed E-state index contributed by atoms with van der Waals surface area (Å²) in [4.78, 5) is 19.8. The lowest BCUT2D eigenvalue weighted by atomic mass is 9.71. The van der Waals surface area contributed by atoms with Gasteiger partial charge in [0.05, 0.1) is 5.25 Å². The van der Waals surface area contributed by atoms with Gasteiger partial charge in [0.15, 0.2) is 0 Å². The Morgan fingerprint density at radius 2 is 1.50 bits per heavy atom. The Bertz CT molecular complexity index is 829. The summed E-state index contributed by atoms with van der Waals surface area (Å²) >= 11 is 0. The van der Waals surface area contributed by atoms with Gasteiger partial charge in [-0.2, -0.15) is 13.2 Å². The maximum absolute atomic E-state index is 12.4. The summed E-state index contributed by atoms with van der Waals surface area (Å²) < 4.78 is 58.2. The molecule has 12 heteroatoms. The number of rotatable bonds is 3. The molecule has 0 radical (unpaired) electrons. The average molecular weight is 450 g/mol. The number of carbonyl (C=O) groups is 1. The fourth-order valence-corrected chi connectivity index (χ4v) is 5.77. The Balaban J connectivity index is 0.000000318. The second-order valence-electron chi connectivity index (χ2n) is 7.98. The van der Waals surface area contributed by atoms with Gasteiger partial charge in [-0.15, -0.1) is 0 Å². The molecule has 1 aromatic rings. The highest BCUT2D eigenvalue weighted by Crippen LogP contribution is 2.43. The molecule has 0 aromatic carbocycles. The normalized spacial score (nSPS) is 22.3. The van der Waals surface area contributed by atoms with Crippen molar-refractivity contribution >= 4 is 21.9 Å². The molecule has 0 unspecified atom stereocenters. The zero-order chi connectivity index (χ0) is 22.0. The minimum absolute atomic E-state index is 0.0753. The van der Waals surface area contributed by atoms with E-state index in [2.05, 4.69) is 14.9 Å². The summed E-state index contributed by atoms with van der Waals surface area (Å²) in [6.07, 6.45) is 4.43. The number of alkyl halides is 3. The van der Waals surface area contributed by atoms with E-state index in [1.807, 2.05) is 6.07 Å². The van der Waals surface area contributed by atoms with Crippen LogP contribution in [-0.4, -0.2) is 71.4 Å². The van der Waals surface area contributed by atoms with Crippen molar-refractivity contribution in [3.05, 3.63) is 18.5 Å². The van der Waals surface area contributed by atoms with E-state index in [-0.39, 0.29) is 5.25 Å². The molecule has 2 saturated heterocycles. The molecule has 3 fully saturated rings. The Morgan fingerprint density at radius 1 is 1.03 bits per heavy atom. The summed E-state index contributed by atoms with van der Waals surface area (Å²) in [7, 11) is -3.00. The molecule has 1 aromatic heterocycles. The first-order chi connectivity index (χ1) is 14.0. The van der Waals surface area contributed by atoms with Crippen molar-refractivity contribution in [2.75, 3.05) is 31.1 Å². The second kappa shape index (κ2) is 8.66. The van der Waals surface area contributed by atoms with Gasteiger partial charge in [-0.25, -0.2) is 27.5 Å². The molecule has 1 aliphatic carbocycles. The number of hydrogen-bond acceptors (Lipinski definition) is 6. The highest BCUT2D eigenvalue weighted by molar-refractivity contribution is 7.90. The zero-order valence-electron chi connectivity index (χ0n) is 16.4. The van der Waals surface area contributed by atoms with Crippen LogP contribution in [0.4, 0.5) is 19.1 Å². The number of aliphatic carboxylic acids is 1. The molecule has 8 nitrogen and oxygen atoms in total. The lowest BCUT2D eigenvalue weighted by Crippen LogP contribution is -2.49. The zero-order valence-corrected chi connectivity index (χ0v) is 17.2. The first-order valence-electron chi connectivity index (χ1n) is 9.85. The molecule has 3 aliphatic rings. The topological polar surface area (TPSA) is 104 Å². The molecule has 1 spiro atoms. The van der Waals surface area contributed by atoms with Gasteiger partial charge in [-0.3, -0.25) is 0 Å². The summed E-state index contributed by atoms with van der Waals surface area (Å²) in [6.45, 7) is 3.36. The fraction of sp³-hybridized carbons (Fsp3) is 0.722. The van der Waals surface area contributed by atoms with Crippen LogP contribution in [0.3, 0.4) is 0 Å². The molecular formula is C18H25F3N4O4S. The van der Waals surface area contributed by atoms with E-state index in [4.69, 9.17) is 9.90 Å². The first kappa shape index (κ1) is 22.7. The first-order valence-corrected chi connectivity index (χ1v) is 11.3. The molecular weight excluding hydrogens is 425 g/mol. The third kappa shape index (κ3) is 5.39. The summed E-state index contributed by atoms with van der Waals surface area (Å²) in [5.74, 6) is -1.94. The summed E-state index contributed by atoms with van der Waals surface area (Å²) in [6, 6.07) is 1.84. The lowest BCUT2D eigenvalue weighted by Gasteiger charge is -2.46. The van der Waals surface area contributed by atoms with Gasteiger partial charge in [-0.1, -0.05) is 0 Å². The lowest BCUT2D eigenvalue weighted by molar-refractivity contribution is -0.192. The Labute approximate surface area is 173 Å². The number of anilines is 1. The minimum atomic E-state index is -5.08. The van der Waals surface area contributed by atoms with E-state index in [9.17, 15) is 21.6 Å². The van der Waals surface area contributed by atoms with Crippen LogP contribution >= 0.6 is 0 Å². The number of hydrogen-bond donors (Lipinski definition) is 1. The monoisotopic (exact) mass is 450 g/mol. The molecule has 4 rings (SSSR count). The van der Waals surface area contributed by atoms with Crippen LogP contribution in [0.15, 0.2) is 18.5 Å². The summed E-state index contributed by atoms with van der Waals surface area (Å²) in [5, 5.41) is 7.05. The van der Waals surface area contributed by atoms with Gasteiger partial charge in [0, 0.05) is 38.6 Å². The maximum Gasteiger partial charge on any atom is 0.490 e. The Kier molecular flexibility index (Phi) is 6.56. The fourth-order valence-electron chi connectivity index (χ4n) is 3.93. The van der Waals surface area contributed by atoms with E-state index in [1.54, 1.807) is 16.7 Å². The summed E-state index contributed by atoms with van der Waals surface area (Å²) in [5.41, 5.74) is 0.320. The molecule has 0 bridgehead atoms. The van der Waals surface area contributed by atoms with E-state index < -0.39 is 22.2 Å². The van der Waals surface area contributed by atoms with E-state index in [0.29, 0.717) is 18.5 Å². The number of carboxylic acids is 1. The van der Waals surface area contributed by atoms with E-state index in [0.717, 1.165) is 57.6 Å². The number of nitrogens with zero attached hydrogens (tertiary/aromatic N) is 4. The predicted octanol–water partition coefficient (Wildman–Crippen LogP) is 2.28. The quantitative estimate of drug-likeness (QED) is 0.754. The van der Waals surface area contributed by atoms with Crippen molar-refractivity contribution < 1.29 is 31.5 Å². The van der Waals surface area contributed by atoms with Crippen LogP contribution in [-0.2, 0) is 14.8 Å². The van der Waals surface area contributed by atoms with Gasteiger partial charge in [0.2, 0.25) is 16.0 Å². The molecule has 1 saturated carbocycles. The Hall–Kier alpha value is -1.95. The number of sulfonamides is 1. The molecule has 3 heterocycles. The van der Waals surface area contributed by atoms with Crippen LogP contribution in [0.2, 0.25) is 0 Å². The van der Waals surface area contributed by atoms with Crippen LogP contribution < -0.4 is 4.90 Å². The molecule has 0 amide bonds. The smallest absolute Gasteiger partial charge is 0.475 e. The van der Waals surface area contributed by atoms with Crippen molar-refractivity contribution in [1.29, 1.82) is 0 Å². The van der Waals surface area contributed by atoms with Crippen LogP contribution in [0.1, 0.15) is 38.5 Å². The predicted molar refractivity (Wildman–Crippen MR) is 102 cm³/mol. The van der Waals surface area contributed by atoms with Crippen molar-refractivity contribution in [3.8, 4) is 0 Å². The van der Waals surface area contributed by atoms with Crippen LogP contribution in [0, 0.1) is 5.41 Å². The maximum atomic E-state index is 12.4. The standard InChI is InChI=1S/C16H24N4O2S.C2HF3O2/c21-23(22,14-2-3-14)20-12-6-16(7-13-20)4-10-19(11-5-16)15-17-8-1-9-18-15;3-2(4,5)1(6)7/h1,8-9,14H,2-7,10-13H2;(H,6,7). The molecule has 1 N–H and O–H groups in total. The van der Waals surface area contributed by atoms with Crippen molar-refractivity contribution in [2.45, 2.75) is 50.0 Å². The van der Waals surface area contributed by atoms with Crippen molar-refractivity contribution in [1.82, 2.24) is 14.3 Å². The average Bonchev–Trinajstić information content (AvgIpc) is 3.55.